The Labute approximate surface area is 87.5 Å². The molecule has 0 saturated carbocycles. The van der Waals surface area contributed by atoms with Gasteiger partial charge in [0, 0.05) is 6.42 Å². The molecule has 1 aromatic rings. The second-order valence-corrected chi connectivity index (χ2v) is 3.33. The molecule has 0 aliphatic rings. The fourth-order valence-electron chi connectivity index (χ4n) is 1.38. The van der Waals surface area contributed by atoms with Crippen LogP contribution in [0.5, 0.6) is 5.75 Å². The highest BCUT2D eigenvalue weighted by atomic mass is 19.1. The van der Waals surface area contributed by atoms with Gasteiger partial charge in [-0.15, -0.1) is 0 Å². The first-order valence-corrected chi connectivity index (χ1v) is 4.59. The molecule has 0 aromatic heterocycles. The minimum atomic E-state index is -0.935. The summed E-state index contributed by atoms with van der Waals surface area (Å²) in [6.07, 6.45) is 0.0999. The lowest BCUT2D eigenvalue weighted by molar-refractivity contribution is -0.136. The van der Waals surface area contributed by atoms with E-state index in [1.807, 2.05) is 6.92 Å². The van der Waals surface area contributed by atoms with Gasteiger partial charge in [0.1, 0.15) is 0 Å². The van der Waals surface area contributed by atoms with Crippen LogP contribution in [0.1, 0.15) is 17.5 Å². The number of carbonyl (C=O) groups is 1. The number of methoxy groups -OCH3 is 1. The van der Waals surface area contributed by atoms with Crippen LogP contribution in [-0.2, 0) is 11.2 Å². The molecule has 0 radical (unpaired) electrons. The molecular formula is C11H13FO3. The number of benzene rings is 1. The van der Waals surface area contributed by atoms with Crippen molar-refractivity contribution >= 4 is 5.97 Å². The summed E-state index contributed by atoms with van der Waals surface area (Å²) in [4.78, 5) is 10.4. The highest BCUT2D eigenvalue weighted by molar-refractivity contribution is 5.67. The summed E-state index contributed by atoms with van der Waals surface area (Å²) < 4.78 is 18.4. The van der Waals surface area contributed by atoms with Crippen molar-refractivity contribution in [1.82, 2.24) is 0 Å². The molecule has 0 spiro atoms. The molecule has 0 aliphatic carbocycles. The van der Waals surface area contributed by atoms with Gasteiger partial charge in [0.25, 0.3) is 0 Å². The molecular weight excluding hydrogens is 199 g/mol. The topological polar surface area (TPSA) is 46.5 Å². The standard InChI is InChI=1S/C11H13FO3/c1-7-5-8(3-4-10(13)14)11(12)9(6-7)15-2/h5-6H,3-4H2,1-2H3,(H,13,14). The van der Waals surface area contributed by atoms with Gasteiger partial charge in [-0.1, -0.05) is 6.07 Å². The van der Waals surface area contributed by atoms with Gasteiger partial charge in [0.05, 0.1) is 7.11 Å². The highest BCUT2D eigenvalue weighted by Crippen LogP contribution is 2.23. The van der Waals surface area contributed by atoms with Crippen LogP contribution >= 0.6 is 0 Å². The molecule has 4 heteroatoms. The third-order valence-corrected chi connectivity index (χ3v) is 2.09. The lowest BCUT2D eigenvalue weighted by Gasteiger charge is -2.08. The van der Waals surface area contributed by atoms with Crippen molar-refractivity contribution in [2.45, 2.75) is 19.8 Å². The van der Waals surface area contributed by atoms with E-state index in [-0.39, 0.29) is 18.6 Å². The van der Waals surface area contributed by atoms with Gasteiger partial charge in [-0.25, -0.2) is 4.39 Å². The summed E-state index contributed by atoms with van der Waals surface area (Å²) in [6.45, 7) is 1.81. The molecule has 0 atom stereocenters. The molecule has 0 saturated heterocycles. The molecule has 15 heavy (non-hydrogen) atoms. The molecule has 82 valence electrons. The molecule has 0 unspecified atom stereocenters. The summed E-state index contributed by atoms with van der Waals surface area (Å²) in [7, 11) is 1.39. The van der Waals surface area contributed by atoms with Gasteiger partial charge < -0.3 is 9.84 Å². The monoisotopic (exact) mass is 212 g/mol. The van der Waals surface area contributed by atoms with E-state index < -0.39 is 11.8 Å². The van der Waals surface area contributed by atoms with Crippen LogP contribution in [0, 0.1) is 12.7 Å². The molecule has 1 aromatic carbocycles. The predicted molar refractivity (Wildman–Crippen MR) is 53.6 cm³/mol. The molecule has 0 bridgehead atoms. The molecule has 3 nitrogen and oxygen atoms in total. The molecule has 1 rings (SSSR count). The van der Waals surface area contributed by atoms with E-state index in [2.05, 4.69) is 0 Å². The third-order valence-electron chi connectivity index (χ3n) is 2.09. The Hall–Kier alpha value is -1.58. The number of ether oxygens (including phenoxy) is 1. The van der Waals surface area contributed by atoms with E-state index in [0.29, 0.717) is 5.56 Å². The highest BCUT2D eigenvalue weighted by Gasteiger charge is 2.11. The van der Waals surface area contributed by atoms with Gasteiger partial charge >= 0.3 is 5.97 Å². The van der Waals surface area contributed by atoms with E-state index in [1.165, 1.54) is 7.11 Å². The quantitative estimate of drug-likeness (QED) is 0.831. The summed E-state index contributed by atoms with van der Waals surface area (Å²) in [5.74, 6) is -1.24. The van der Waals surface area contributed by atoms with Crippen LogP contribution < -0.4 is 4.74 Å². The number of halogens is 1. The van der Waals surface area contributed by atoms with E-state index in [1.54, 1.807) is 12.1 Å². The molecule has 0 fully saturated rings. The Kier molecular flexibility index (Phi) is 3.66. The van der Waals surface area contributed by atoms with Gasteiger partial charge in [-0.2, -0.15) is 0 Å². The zero-order chi connectivity index (χ0) is 11.4. The predicted octanol–water partition coefficient (Wildman–Crippen LogP) is 2.16. The minimum absolute atomic E-state index is 0.0798. The van der Waals surface area contributed by atoms with Crippen LogP contribution in [0.25, 0.3) is 0 Å². The molecule has 0 heterocycles. The van der Waals surface area contributed by atoms with Crippen molar-refractivity contribution in [2.24, 2.45) is 0 Å². The first-order valence-electron chi connectivity index (χ1n) is 4.59. The fraction of sp³-hybridized carbons (Fsp3) is 0.364. The van der Waals surface area contributed by atoms with Crippen LogP contribution in [0.4, 0.5) is 4.39 Å². The fourth-order valence-corrected chi connectivity index (χ4v) is 1.38. The third kappa shape index (κ3) is 2.94. The average molecular weight is 212 g/mol. The Morgan fingerprint density at radius 3 is 2.73 bits per heavy atom. The van der Waals surface area contributed by atoms with Crippen molar-refractivity contribution in [1.29, 1.82) is 0 Å². The lowest BCUT2D eigenvalue weighted by Crippen LogP contribution is -2.01. The molecule has 0 amide bonds. The number of hydrogen-bond acceptors (Lipinski definition) is 2. The number of hydrogen-bond donors (Lipinski definition) is 1. The zero-order valence-corrected chi connectivity index (χ0v) is 8.71. The van der Waals surface area contributed by atoms with E-state index in [0.717, 1.165) is 5.56 Å². The number of rotatable bonds is 4. The maximum Gasteiger partial charge on any atom is 0.303 e. The van der Waals surface area contributed by atoms with Crippen molar-refractivity contribution in [3.8, 4) is 5.75 Å². The first kappa shape index (κ1) is 11.5. The van der Waals surface area contributed by atoms with Crippen molar-refractivity contribution in [3.05, 3.63) is 29.1 Å². The summed E-state index contributed by atoms with van der Waals surface area (Å²) in [6, 6.07) is 3.22. The van der Waals surface area contributed by atoms with E-state index in [4.69, 9.17) is 9.84 Å². The van der Waals surface area contributed by atoms with Crippen molar-refractivity contribution in [3.63, 3.8) is 0 Å². The average Bonchev–Trinajstić information content (AvgIpc) is 2.18. The largest absolute Gasteiger partial charge is 0.494 e. The zero-order valence-electron chi connectivity index (χ0n) is 8.71. The summed E-state index contributed by atoms with van der Waals surface area (Å²) in [5, 5.41) is 8.51. The van der Waals surface area contributed by atoms with Gasteiger partial charge in [-0.3, -0.25) is 4.79 Å². The number of carboxylic acid groups (broad SMARTS) is 1. The smallest absolute Gasteiger partial charge is 0.303 e. The maximum absolute atomic E-state index is 13.6. The molecule has 0 aliphatic heterocycles. The number of aryl methyl sites for hydroxylation is 2. The Morgan fingerprint density at radius 1 is 1.53 bits per heavy atom. The van der Waals surface area contributed by atoms with Crippen LogP contribution in [0.15, 0.2) is 12.1 Å². The maximum atomic E-state index is 13.6. The van der Waals surface area contributed by atoms with E-state index >= 15 is 0 Å². The number of aliphatic carboxylic acids is 1. The van der Waals surface area contributed by atoms with E-state index in [9.17, 15) is 9.18 Å². The van der Waals surface area contributed by atoms with Crippen LogP contribution in [0.2, 0.25) is 0 Å². The van der Waals surface area contributed by atoms with Crippen molar-refractivity contribution < 1.29 is 19.0 Å². The summed E-state index contributed by atoms with van der Waals surface area (Å²) >= 11 is 0. The summed E-state index contributed by atoms with van der Waals surface area (Å²) in [5.41, 5.74) is 1.24. The van der Waals surface area contributed by atoms with Gasteiger partial charge in [0.2, 0.25) is 0 Å². The Morgan fingerprint density at radius 2 is 2.20 bits per heavy atom. The van der Waals surface area contributed by atoms with Gasteiger partial charge in [-0.05, 0) is 30.5 Å². The first-order chi connectivity index (χ1) is 7.04. The Bertz CT molecular complexity index is 374. The number of carboxylic acids is 1. The SMILES string of the molecule is COc1cc(C)cc(CCC(=O)O)c1F. The second-order valence-electron chi connectivity index (χ2n) is 3.33. The normalized spacial score (nSPS) is 10.1. The lowest BCUT2D eigenvalue weighted by atomic mass is 10.1. The van der Waals surface area contributed by atoms with Crippen molar-refractivity contribution in [2.75, 3.05) is 7.11 Å². The van der Waals surface area contributed by atoms with Crippen LogP contribution in [0.3, 0.4) is 0 Å². The Balaban J connectivity index is 2.95. The minimum Gasteiger partial charge on any atom is -0.494 e. The van der Waals surface area contributed by atoms with Crippen LogP contribution in [-0.4, -0.2) is 18.2 Å². The molecule has 1 N–H and O–H groups in total. The second kappa shape index (κ2) is 4.77. The van der Waals surface area contributed by atoms with Gasteiger partial charge in [0.15, 0.2) is 11.6 Å².